The second kappa shape index (κ2) is 5.17. The van der Waals surface area contributed by atoms with Gasteiger partial charge in [-0.2, -0.15) is 0 Å². The molecule has 0 aliphatic carbocycles. The minimum Gasteiger partial charge on any atom is -0.349 e. The van der Waals surface area contributed by atoms with E-state index in [1.807, 2.05) is 13.8 Å². The van der Waals surface area contributed by atoms with Crippen LogP contribution in [0.25, 0.3) is 0 Å². The van der Waals surface area contributed by atoms with Crippen LogP contribution in [0, 0.1) is 34.1 Å². The standard InChI is InChI=1S/C17H16N4O4/c1-10-3-14(20(22)23)5-12-7-19-9-18(16(10)12)8-13-6-15(21(24)25)4-11(2)17(13)19/h3-6H,7-9H2,1-2H3. The zero-order valence-corrected chi connectivity index (χ0v) is 13.9. The van der Waals surface area contributed by atoms with E-state index in [-0.39, 0.29) is 21.2 Å². The Hall–Kier alpha value is -3.16. The van der Waals surface area contributed by atoms with Crippen molar-refractivity contribution in [2.45, 2.75) is 26.9 Å². The van der Waals surface area contributed by atoms with Gasteiger partial charge in [0.1, 0.15) is 0 Å². The number of benzene rings is 2. The van der Waals surface area contributed by atoms with Crippen LogP contribution in [0.4, 0.5) is 22.7 Å². The SMILES string of the molecule is Cc1cc([N+](=O)[O-])cc2c1N1Cc3cc([N+](=O)[O-])cc(C)c3N(C2)C1. The van der Waals surface area contributed by atoms with Gasteiger partial charge in [-0.15, -0.1) is 0 Å². The van der Waals surface area contributed by atoms with Gasteiger partial charge >= 0.3 is 0 Å². The van der Waals surface area contributed by atoms with E-state index < -0.39 is 0 Å². The Kier molecular flexibility index (Phi) is 3.18. The maximum absolute atomic E-state index is 11.2. The zero-order chi connectivity index (χ0) is 17.9. The van der Waals surface area contributed by atoms with Crippen LogP contribution in [-0.2, 0) is 13.1 Å². The van der Waals surface area contributed by atoms with E-state index in [4.69, 9.17) is 0 Å². The summed E-state index contributed by atoms with van der Waals surface area (Å²) in [7, 11) is 0. The molecule has 2 aromatic rings. The predicted molar refractivity (Wildman–Crippen MR) is 92.9 cm³/mol. The first-order valence-corrected chi connectivity index (χ1v) is 7.91. The van der Waals surface area contributed by atoms with Gasteiger partial charge in [0.05, 0.1) is 16.5 Å². The summed E-state index contributed by atoms with van der Waals surface area (Å²) in [5.41, 5.74) is 5.73. The molecule has 0 saturated heterocycles. The molecule has 0 amide bonds. The molecule has 0 atom stereocenters. The highest BCUT2D eigenvalue weighted by atomic mass is 16.6. The van der Waals surface area contributed by atoms with Crippen molar-refractivity contribution in [2.24, 2.45) is 0 Å². The quantitative estimate of drug-likeness (QED) is 0.614. The lowest BCUT2D eigenvalue weighted by Gasteiger charge is -2.45. The first-order chi connectivity index (χ1) is 11.8. The molecule has 0 radical (unpaired) electrons. The molecule has 25 heavy (non-hydrogen) atoms. The summed E-state index contributed by atoms with van der Waals surface area (Å²) in [6, 6.07) is 6.44. The van der Waals surface area contributed by atoms with Crippen LogP contribution < -0.4 is 9.80 Å². The fourth-order valence-electron chi connectivity index (χ4n) is 4.04. The van der Waals surface area contributed by atoms with Gasteiger partial charge in [0.15, 0.2) is 0 Å². The average molecular weight is 340 g/mol. The van der Waals surface area contributed by atoms with Crippen molar-refractivity contribution in [2.75, 3.05) is 16.5 Å². The Balaban J connectivity index is 1.84. The number of hydrogen-bond acceptors (Lipinski definition) is 6. The predicted octanol–water partition coefficient (Wildman–Crippen LogP) is 3.42. The van der Waals surface area contributed by atoms with Crippen molar-refractivity contribution < 1.29 is 9.85 Å². The highest BCUT2D eigenvalue weighted by Crippen LogP contribution is 2.43. The van der Waals surface area contributed by atoms with Crippen LogP contribution in [0.1, 0.15) is 22.3 Å². The smallest absolute Gasteiger partial charge is 0.270 e. The fraction of sp³-hybridized carbons (Fsp3) is 0.294. The van der Waals surface area contributed by atoms with E-state index in [9.17, 15) is 20.2 Å². The number of anilines is 2. The Labute approximate surface area is 143 Å². The second-order valence-electron chi connectivity index (χ2n) is 6.59. The van der Waals surface area contributed by atoms with E-state index in [0.29, 0.717) is 19.8 Å². The monoisotopic (exact) mass is 340 g/mol. The Morgan fingerprint density at radius 3 is 1.56 bits per heavy atom. The molecule has 0 spiro atoms. The van der Waals surface area contributed by atoms with Gasteiger partial charge in [-0.25, -0.2) is 0 Å². The summed E-state index contributed by atoms with van der Waals surface area (Å²) in [5, 5.41) is 22.3. The number of fused-ring (bicyclic) bond motifs is 6. The molecule has 4 rings (SSSR count). The largest absolute Gasteiger partial charge is 0.349 e. The Morgan fingerprint density at radius 2 is 1.20 bits per heavy atom. The first kappa shape index (κ1) is 15.4. The summed E-state index contributed by atoms with van der Waals surface area (Å²) in [6.07, 6.45) is 0. The molecule has 0 fully saturated rings. The van der Waals surface area contributed by atoms with E-state index in [2.05, 4.69) is 9.80 Å². The minimum atomic E-state index is -0.370. The molecule has 0 N–H and O–H groups in total. The van der Waals surface area contributed by atoms with Crippen LogP contribution in [0.5, 0.6) is 0 Å². The summed E-state index contributed by atoms with van der Waals surface area (Å²) in [4.78, 5) is 25.8. The van der Waals surface area contributed by atoms with E-state index in [0.717, 1.165) is 33.6 Å². The topological polar surface area (TPSA) is 92.8 Å². The lowest BCUT2D eigenvalue weighted by molar-refractivity contribution is -0.385. The van der Waals surface area contributed by atoms with Gasteiger partial charge in [-0.3, -0.25) is 20.2 Å². The second-order valence-corrected chi connectivity index (χ2v) is 6.59. The summed E-state index contributed by atoms with van der Waals surface area (Å²) in [6.45, 7) is 5.53. The molecule has 2 aliphatic rings. The number of rotatable bonds is 2. The molecule has 2 aliphatic heterocycles. The molecule has 0 saturated carbocycles. The molecule has 2 aromatic carbocycles. The first-order valence-electron chi connectivity index (χ1n) is 7.91. The maximum atomic E-state index is 11.2. The minimum absolute atomic E-state index is 0.0965. The molecule has 2 heterocycles. The van der Waals surface area contributed by atoms with Crippen molar-refractivity contribution in [3.05, 3.63) is 66.7 Å². The van der Waals surface area contributed by atoms with Gasteiger partial charge in [0, 0.05) is 59.9 Å². The third-order valence-electron chi connectivity index (χ3n) is 4.85. The van der Waals surface area contributed by atoms with E-state index in [1.54, 1.807) is 24.3 Å². The van der Waals surface area contributed by atoms with Crippen molar-refractivity contribution >= 4 is 22.7 Å². The van der Waals surface area contributed by atoms with Crippen LogP contribution in [0.15, 0.2) is 24.3 Å². The van der Waals surface area contributed by atoms with Gasteiger partial charge in [-0.05, 0) is 25.0 Å². The number of nitro groups is 2. The Bertz CT molecular complexity index is 865. The normalized spacial score (nSPS) is 14.8. The fourth-order valence-corrected chi connectivity index (χ4v) is 4.04. The maximum Gasteiger partial charge on any atom is 0.270 e. The number of nitro benzene ring substituents is 2. The highest BCUT2D eigenvalue weighted by molar-refractivity contribution is 5.74. The van der Waals surface area contributed by atoms with Gasteiger partial charge in [0.25, 0.3) is 11.4 Å². The lowest BCUT2D eigenvalue weighted by atomic mass is 9.96. The van der Waals surface area contributed by atoms with Gasteiger partial charge < -0.3 is 9.80 Å². The lowest BCUT2D eigenvalue weighted by Crippen LogP contribution is -2.46. The van der Waals surface area contributed by atoms with Crippen LogP contribution in [0.3, 0.4) is 0 Å². The van der Waals surface area contributed by atoms with Gasteiger partial charge in [0.2, 0.25) is 0 Å². The molecule has 0 aromatic heterocycles. The summed E-state index contributed by atoms with van der Waals surface area (Å²) < 4.78 is 0. The Morgan fingerprint density at radius 1 is 0.800 bits per heavy atom. The van der Waals surface area contributed by atoms with E-state index in [1.165, 1.54) is 0 Å². The molecule has 8 nitrogen and oxygen atoms in total. The van der Waals surface area contributed by atoms with Crippen LogP contribution in [-0.4, -0.2) is 16.5 Å². The summed E-state index contributed by atoms with van der Waals surface area (Å²) in [5.74, 6) is 0. The molecule has 0 unspecified atom stereocenters. The van der Waals surface area contributed by atoms with Crippen molar-refractivity contribution in [1.82, 2.24) is 0 Å². The van der Waals surface area contributed by atoms with E-state index >= 15 is 0 Å². The number of hydrogen-bond donors (Lipinski definition) is 0. The number of nitrogens with zero attached hydrogens (tertiary/aromatic N) is 4. The third kappa shape index (κ3) is 2.29. The molecular weight excluding hydrogens is 324 g/mol. The van der Waals surface area contributed by atoms with Crippen molar-refractivity contribution in [1.29, 1.82) is 0 Å². The van der Waals surface area contributed by atoms with Gasteiger partial charge in [-0.1, -0.05) is 0 Å². The molecule has 2 bridgehead atoms. The zero-order valence-electron chi connectivity index (χ0n) is 13.9. The molecular formula is C17H16N4O4. The molecule has 8 heteroatoms. The number of non-ortho nitro benzene ring substituents is 2. The summed E-state index contributed by atoms with van der Waals surface area (Å²) >= 11 is 0. The highest BCUT2D eigenvalue weighted by Gasteiger charge is 2.33. The van der Waals surface area contributed by atoms with Crippen molar-refractivity contribution in [3.63, 3.8) is 0 Å². The average Bonchev–Trinajstić information content (AvgIpc) is 2.53. The molecule has 128 valence electrons. The van der Waals surface area contributed by atoms with Crippen molar-refractivity contribution in [3.8, 4) is 0 Å². The third-order valence-corrected chi connectivity index (χ3v) is 4.85. The van der Waals surface area contributed by atoms with Crippen LogP contribution in [0.2, 0.25) is 0 Å². The number of aryl methyl sites for hydroxylation is 2. The van der Waals surface area contributed by atoms with Crippen LogP contribution >= 0.6 is 0 Å².